The van der Waals surface area contributed by atoms with Crippen molar-refractivity contribution in [1.29, 1.82) is 0 Å². The first kappa shape index (κ1) is 18.5. The summed E-state index contributed by atoms with van der Waals surface area (Å²) < 4.78 is 6.78. The molecule has 150 valence electrons. The monoisotopic (exact) mass is 377 g/mol. The van der Waals surface area contributed by atoms with Crippen LogP contribution in [0, 0.1) is 29.6 Å². The molecule has 28 heavy (non-hydrogen) atoms. The molecule has 0 radical (unpaired) electrons. The molecule has 1 saturated carbocycles. The van der Waals surface area contributed by atoms with Gasteiger partial charge in [0.25, 0.3) is 0 Å². The molecule has 0 aromatic rings. The second-order valence-electron chi connectivity index (χ2n) is 9.67. The van der Waals surface area contributed by atoms with Gasteiger partial charge in [-0.1, -0.05) is 56.7 Å². The van der Waals surface area contributed by atoms with Gasteiger partial charge in [-0.2, -0.15) is 0 Å². The van der Waals surface area contributed by atoms with Crippen molar-refractivity contribution in [2.75, 3.05) is 6.54 Å². The highest BCUT2D eigenvalue weighted by Crippen LogP contribution is 2.50. The molecular formula is C26H35NO. The third-order valence-corrected chi connectivity index (χ3v) is 7.72. The maximum absolute atomic E-state index is 6.78. The number of hydrogen-bond donors (Lipinski definition) is 1. The fraction of sp³-hybridized carbons (Fsp3) is 0.615. The van der Waals surface area contributed by atoms with Gasteiger partial charge in [-0.05, 0) is 61.2 Å². The highest BCUT2D eigenvalue weighted by molar-refractivity contribution is 5.41. The molecule has 2 fully saturated rings. The number of rotatable bonds is 3. The zero-order valence-corrected chi connectivity index (χ0v) is 17.4. The van der Waals surface area contributed by atoms with Crippen LogP contribution in [0.5, 0.6) is 0 Å². The van der Waals surface area contributed by atoms with Crippen LogP contribution in [0.1, 0.15) is 52.4 Å². The predicted molar refractivity (Wildman–Crippen MR) is 116 cm³/mol. The number of hydrogen-bond acceptors (Lipinski definition) is 2. The lowest BCUT2D eigenvalue weighted by molar-refractivity contribution is -0.0117. The lowest BCUT2D eigenvalue weighted by Gasteiger charge is -2.39. The van der Waals surface area contributed by atoms with E-state index in [4.69, 9.17) is 4.74 Å². The van der Waals surface area contributed by atoms with Crippen molar-refractivity contribution in [3.8, 4) is 0 Å². The topological polar surface area (TPSA) is 21.3 Å². The third kappa shape index (κ3) is 3.24. The highest BCUT2D eigenvalue weighted by atomic mass is 16.5. The first-order valence-corrected chi connectivity index (χ1v) is 11.6. The van der Waals surface area contributed by atoms with Crippen molar-refractivity contribution in [1.82, 2.24) is 5.32 Å². The van der Waals surface area contributed by atoms with Gasteiger partial charge in [0.15, 0.2) is 0 Å². The number of fused-ring (bicyclic) bond motifs is 3. The Kier molecular flexibility index (Phi) is 5.09. The Hall–Kier alpha value is -1.54. The van der Waals surface area contributed by atoms with E-state index in [1.54, 1.807) is 11.1 Å². The largest absolute Gasteiger partial charge is 0.384 e. The molecule has 3 aliphatic carbocycles. The molecule has 0 spiro atoms. The molecule has 1 N–H and O–H groups in total. The molecule has 0 aromatic carbocycles. The van der Waals surface area contributed by atoms with Crippen LogP contribution >= 0.6 is 0 Å². The molecule has 2 aliphatic heterocycles. The number of nitrogens with one attached hydrogen (secondary N) is 1. The molecule has 5 rings (SSSR count). The van der Waals surface area contributed by atoms with Crippen LogP contribution in [0.2, 0.25) is 0 Å². The average molecular weight is 378 g/mol. The Bertz CT molecular complexity index is 752. The van der Waals surface area contributed by atoms with Gasteiger partial charge < -0.3 is 10.1 Å². The van der Waals surface area contributed by atoms with E-state index in [2.05, 4.69) is 61.7 Å². The number of allylic oxidation sites excluding steroid dienone is 8. The minimum atomic E-state index is 0.426. The summed E-state index contributed by atoms with van der Waals surface area (Å²) in [6.45, 7) is 5.60. The smallest absolute Gasteiger partial charge is 0.0680 e. The van der Waals surface area contributed by atoms with E-state index in [9.17, 15) is 0 Å². The number of dihydropyridines is 1. The third-order valence-electron chi connectivity index (χ3n) is 7.72. The van der Waals surface area contributed by atoms with Gasteiger partial charge in [0, 0.05) is 30.0 Å². The van der Waals surface area contributed by atoms with Crippen molar-refractivity contribution >= 4 is 0 Å². The molecule has 6 unspecified atom stereocenters. The Morgan fingerprint density at radius 1 is 1.07 bits per heavy atom. The SMILES string of the molecule is CC(C)C1=CC(C2C=CC=CC2)=C(C2CCCC3C4C=CCCC4OC23)CN1. The van der Waals surface area contributed by atoms with Crippen molar-refractivity contribution in [2.45, 2.75) is 64.6 Å². The van der Waals surface area contributed by atoms with Gasteiger partial charge in [-0.25, -0.2) is 0 Å². The van der Waals surface area contributed by atoms with Crippen molar-refractivity contribution in [2.24, 2.45) is 29.6 Å². The minimum absolute atomic E-state index is 0.426. The maximum atomic E-state index is 6.78. The highest BCUT2D eigenvalue weighted by Gasteiger charge is 2.49. The van der Waals surface area contributed by atoms with E-state index in [1.165, 1.54) is 37.8 Å². The van der Waals surface area contributed by atoms with Gasteiger partial charge in [-0.3, -0.25) is 0 Å². The molecule has 5 aliphatic rings. The predicted octanol–water partition coefficient (Wildman–Crippen LogP) is 5.71. The van der Waals surface area contributed by atoms with Crippen LogP contribution in [-0.2, 0) is 4.74 Å². The lowest BCUT2D eigenvalue weighted by Crippen LogP contribution is -2.38. The second kappa shape index (κ2) is 7.71. The van der Waals surface area contributed by atoms with E-state index < -0.39 is 0 Å². The van der Waals surface area contributed by atoms with Crippen molar-refractivity contribution in [3.63, 3.8) is 0 Å². The molecule has 2 nitrogen and oxygen atoms in total. The molecule has 1 saturated heterocycles. The molecule has 0 aromatic heterocycles. The van der Waals surface area contributed by atoms with Crippen LogP contribution in [-0.4, -0.2) is 18.8 Å². The van der Waals surface area contributed by atoms with Gasteiger partial charge in [0.05, 0.1) is 12.2 Å². The van der Waals surface area contributed by atoms with E-state index in [-0.39, 0.29) is 0 Å². The van der Waals surface area contributed by atoms with Crippen LogP contribution in [0.25, 0.3) is 0 Å². The van der Waals surface area contributed by atoms with Crippen LogP contribution < -0.4 is 5.32 Å². The summed E-state index contributed by atoms with van der Waals surface area (Å²) >= 11 is 0. The van der Waals surface area contributed by atoms with Gasteiger partial charge in [0.1, 0.15) is 0 Å². The first-order valence-electron chi connectivity index (χ1n) is 11.6. The Morgan fingerprint density at radius 3 is 2.82 bits per heavy atom. The van der Waals surface area contributed by atoms with Crippen molar-refractivity contribution < 1.29 is 4.74 Å². The quantitative estimate of drug-likeness (QED) is 0.636. The number of ether oxygens (including phenoxy) is 1. The molecular weight excluding hydrogens is 342 g/mol. The Labute approximate surface area is 170 Å². The minimum Gasteiger partial charge on any atom is -0.384 e. The Balaban J connectivity index is 1.50. The van der Waals surface area contributed by atoms with Crippen molar-refractivity contribution in [3.05, 3.63) is 59.4 Å². The van der Waals surface area contributed by atoms with Crippen LogP contribution in [0.15, 0.2) is 59.4 Å². The summed E-state index contributed by atoms with van der Waals surface area (Å²) in [5.74, 6) is 3.06. The summed E-state index contributed by atoms with van der Waals surface area (Å²) in [5, 5.41) is 3.77. The van der Waals surface area contributed by atoms with Crippen LogP contribution in [0.4, 0.5) is 0 Å². The second-order valence-corrected chi connectivity index (χ2v) is 9.67. The Morgan fingerprint density at radius 2 is 2.00 bits per heavy atom. The summed E-state index contributed by atoms with van der Waals surface area (Å²) in [7, 11) is 0. The normalized spacial score (nSPS) is 39.6. The fourth-order valence-corrected chi connectivity index (χ4v) is 6.27. The molecule has 2 heteroatoms. The first-order chi connectivity index (χ1) is 13.7. The zero-order chi connectivity index (χ0) is 19.1. The molecule has 6 atom stereocenters. The van der Waals surface area contributed by atoms with E-state index in [0.29, 0.717) is 35.9 Å². The summed E-state index contributed by atoms with van der Waals surface area (Å²) in [6, 6.07) is 0. The van der Waals surface area contributed by atoms with Gasteiger partial charge in [-0.15, -0.1) is 0 Å². The zero-order valence-electron chi connectivity index (χ0n) is 17.4. The molecule has 0 bridgehead atoms. The van der Waals surface area contributed by atoms with Crippen LogP contribution in [0.3, 0.4) is 0 Å². The van der Waals surface area contributed by atoms with E-state index >= 15 is 0 Å². The fourth-order valence-electron chi connectivity index (χ4n) is 6.27. The van der Waals surface area contributed by atoms with E-state index in [1.807, 2.05) is 0 Å². The summed E-state index contributed by atoms with van der Waals surface area (Å²) in [4.78, 5) is 0. The summed E-state index contributed by atoms with van der Waals surface area (Å²) in [6.07, 6.45) is 25.0. The summed E-state index contributed by atoms with van der Waals surface area (Å²) in [5.41, 5.74) is 4.63. The molecule has 2 heterocycles. The van der Waals surface area contributed by atoms with Gasteiger partial charge >= 0.3 is 0 Å². The standard InChI is InChI=1S/C26H35NO/c1-17(2)24-15-22(18-9-4-3-5-10-18)23(16-27-24)21-13-8-12-20-19-11-6-7-14-25(19)28-26(20)21/h3-6,9,11,15,17-21,25-27H,7-8,10,12-14,16H2,1-2H3. The van der Waals surface area contributed by atoms with Gasteiger partial charge in [0.2, 0.25) is 0 Å². The maximum Gasteiger partial charge on any atom is 0.0680 e. The lowest BCUT2D eigenvalue weighted by atomic mass is 9.68. The molecule has 0 amide bonds. The average Bonchev–Trinajstić information content (AvgIpc) is 3.13. The van der Waals surface area contributed by atoms with E-state index in [0.717, 1.165) is 18.9 Å².